The van der Waals surface area contributed by atoms with Crippen molar-refractivity contribution in [3.05, 3.63) is 0 Å². The van der Waals surface area contributed by atoms with E-state index >= 15 is 0 Å². The van der Waals surface area contributed by atoms with E-state index in [0.717, 1.165) is 18.0 Å². The fourth-order valence-corrected chi connectivity index (χ4v) is 1.96. The van der Waals surface area contributed by atoms with E-state index in [1.807, 2.05) is 0 Å². The lowest BCUT2D eigenvalue weighted by atomic mass is 10.2. The summed E-state index contributed by atoms with van der Waals surface area (Å²) in [6.07, 6.45) is 1.14. The van der Waals surface area contributed by atoms with E-state index < -0.39 is 20.6 Å². The molecular formula is C8H14N4O4S2. The molecule has 0 spiro atoms. The average molecular weight is 294 g/mol. The normalized spacial score (nSPS) is 12.6. The molecule has 0 saturated carbocycles. The third-order valence-electron chi connectivity index (χ3n) is 2.36. The van der Waals surface area contributed by atoms with E-state index in [9.17, 15) is 13.2 Å². The van der Waals surface area contributed by atoms with Crippen molar-refractivity contribution in [1.82, 2.24) is 20.2 Å². The standard InChI is InChI=1S/C8H14N4O4S2/c1-8(2,18(3,15)16)5-12-7(9-10-11-12)17-4-6(13)14/h4-5H2,1-3H3,(H,13,14). The second-order valence-electron chi connectivity index (χ2n) is 4.33. The van der Waals surface area contributed by atoms with Crippen LogP contribution in [0.5, 0.6) is 0 Å². The number of thioether (sulfide) groups is 1. The second-order valence-corrected chi connectivity index (χ2v) is 7.93. The van der Waals surface area contributed by atoms with Gasteiger partial charge in [-0.05, 0) is 24.3 Å². The van der Waals surface area contributed by atoms with Gasteiger partial charge < -0.3 is 5.11 Å². The molecule has 1 aromatic heterocycles. The van der Waals surface area contributed by atoms with Crippen molar-refractivity contribution in [1.29, 1.82) is 0 Å². The number of carbonyl (C=O) groups is 1. The van der Waals surface area contributed by atoms with Gasteiger partial charge in [0, 0.05) is 6.26 Å². The zero-order valence-corrected chi connectivity index (χ0v) is 11.8. The molecule has 0 aliphatic rings. The Balaban J connectivity index is 2.86. The van der Waals surface area contributed by atoms with E-state index in [1.54, 1.807) is 13.8 Å². The maximum absolute atomic E-state index is 11.6. The average Bonchev–Trinajstić information content (AvgIpc) is 2.59. The van der Waals surface area contributed by atoms with Gasteiger partial charge >= 0.3 is 5.97 Å². The number of rotatable bonds is 6. The molecule has 0 radical (unpaired) electrons. The number of hydrogen-bond acceptors (Lipinski definition) is 7. The molecule has 1 rings (SSSR count). The first-order valence-corrected chi connectivity index (χ1v) is 7.81. The Morgan fingerprint density at radius 3 is 2.61 bits per heavy atom. The van der Waals surface area contributed by atoms with Gasteiger partial charge in [-0.3, -0.25) is 4.79 Å². The Kier molecular flexibility index (Phi) is 4.32. The van der Waals surface area contributed by atoms with Crippen molar-refractivity contribution in [2.75, 3.05) is 12.0 Å². The molecule has 0 fully saturated rings. The summed E-state index contributed by atoms with van der Waals surface area (Å²) < 4.78 is 23.4. The first kappa shape index (κ1) is 14.9. The van der Waals surface area contributed by atoms with Crippen molar-refractivity contribution in [3.8, 4) is 0 Å². The van der Waals surface area contributed by atoms with Crippen LogP contribution in [-0.2, 0) is 21.2 Å². The van der Waals surface area contributed by atoms with Crippen LogP contribution in [0.4, 0.5) is 0 Å². The molecule has 0 aliphatic carbocycles. The number of sulfone groups is 1. The molecule has 1 N–H and O–H groups in total. The molecule has 18 heavy (non-hydrogen) atoms. The first-order chi connectivity index (χ1) is 8.13. The monoisotopic (exact) mass is 294 g/mol. The van der Waals surface area contributed by atoms with Crippen molar-refractivity contribution in [2.24, 2.45) is 0 Å². The number of nitrogens with zero attached hydrogens (tertiary/aromatic N) is 4. The van der Waals surface area contributed by atoms with Crippen LogP contribution < -0.4 is 0 Å². The summed E-state index contributed by atoms with van der Waals surface area (Å²) in [6, 6.07) is 0. The lowest BCUT2D eigenvalue weighted by Gasteiger charge is -2.22. The molecule has 8 nitrogen and oxygen atoms in total. The van der Waals surface area contributed by atoms with E-state index in [-0.39, 0.29) is 17.5 Å². The predicted octanol–water partition coefficient (Wildman–Crippen LogP) is -0.327. The quantitative estimate of drug-likeness (QED) is 0.709. The Hall–Kier alpha value is -1.16. The van der Waals surface area contributed by atoms with E-state index in [2.05, 4.69) is 15.5 Å². The SMILES string of the molecule is CC(C)(Cn1nnnc1SCC(=O)O)S(C)(=O)=O. The largest absolute Gasteiger partial charge is 0.481 e. The summed E-state index contributed by atoms with van der Waals surface area (Å²) in [5, 5.41) is 19.6. The molecule has 0 saturated heterocycles. The van der Waals surface area contributed by atoms with E-state index in [4.69, 9.17) is 5.11 Å². The van der Waals surface area contributed by atoms with Gasteiger partial charge in [0.15, 0.2) is 9.84 Å². The third-order valence-corrected chi connectivity index (χ3v) is 5.44. The molecule has 0 atom stereocenters. The summed E-state index contributed by atoms with van der Waals surface area (Å²) in [5.41, 5.74) is 0. The third kappa shape index (κ3) is 3.67. The lowest BCUT2D eigenvalue weighted by molar-refractivity contribution is -0.133. The highest BCUT2D eigenvalue weighted by atomic mass is 32.2. The van der Waals surface area contributed by atoms with Gasteiger partial charge in [-0.25, -0.2) is 13.1 Å². The highest BCUT2D eigenvalue weighted by Gasteiger charge is 2.32. The van der Waals surface area contributed by atoms with Crippen LogP contribution in [0.2, 0.25) is 0 Å². The molecule has 0 bridgehead atoms. The van der Waals surface area contributed by atoms with Crippen molar-refractivity contribution < 1.29 is 18.3 Å². The molecule has 102 valence electrons. The highest BCUT2D eigenvalue weighted by Crippen LogP contribution is 2.21. The molecule has 0 aromatic carbocycles. The molecule has 0 aliphatic heterocycles. The Morgan fingerprint density at radius 1 is 1.50 bits per heavy atom. The Bertz CT molecular complexity index is 537. The maximum atomic E-state index is 11.6. The number of tetrazole rings is 1. The van der Waals surface area contributed by atoms with Crippen LogP contribution in [0, 0.1) is 0 Å². The maximum Gasteiger partial charge on any atom is 0.313 e. The van der Waals surface area contributed by atoms with Gasteiger partial charge in [-0.1, -0.05) is 11.8 Å². The zero-order chi connectivity index (χ0) is 14.0. The number of hydrogen-bond donors (Lipinski definition) is 1. The summed E-state index contributed by atoms with van der Waals surface area (Å²) in [4.78, 5) is 10.5. The summed E-state index contributed by atoms with van der Waals surface area (Å²) in [6.45, 7) is 3.20. The smallest absolute Gasteiger partial charge is 0.313 e. The van der Waals surface area contributed by atoms with Gasteiger partial charge in [0.05, 0.1) is 17.0 Å². The van der Waals surface area contributed by atoms with Crippen molar-refractivity contribution in [2.45, 2.75) is 30.3 Å². The number of carboxylic acids is 1. The van der Waals surface area contributed by atoms with Crippen molar-refractivity contribution in [3.63, 3.8) is 0 Å². The molecule has 1 aromatic rings. The fourth-order valence-electron chi connectivity index (χ4n) is 1.00. The topological polar surface area (TPSA) is 115 Å². The minimum Gasteiger partial charge on any atom is -0.481 e. The molecule has 0 unspecified atom stereocenters. The zero-order valence-electron chi connectivity index (χ0n) is 10.2. The second kappa shape index (κ2) is 5.22. The summed E-state index contributed by atoms with van der Waals surface area (Å²) in [7, 11) is -3.27. The van der Waals surface area contributed by atoms with E-state index in [0.29, 0.717) is 0 Å². The van der Waals surface area contributed by atoms with Gasteiger partial charge in [-0.15, -0.1) is 5.10 Å². The Morgan fingerprint density at radius 2 is 2.11 bits per heavy atom. The molecule has 10 heteroatoms. The minimum absolute atomic E-state index is 0.0702. The van der Waals surface area contributed by atoms with Crippen molar-refractivity contribution >= 4 is 27.6 Å². The number of aromatic nitrogens is 4. The number of carboxylic acid groups (broad SMARTS) is 1. The summed E-state index contributed by atoms with van der Waals surface area (Å²) in [5.74, 6) is -1.17. The van der Waals surface area contributed by atoms with Crippen LogP contribution in [0.25, 0.3) is 0 Å². The van der Waals surface area contributed by atoms with Gasteiger partial charge in [0.1, 0.15) is 0 Å². The van der Waals surface area contributed by atoms with Crippen LogP contribution in [0.3, 0.4) is 0 Å². The van der Waals surface area contributed by atoms with Crippen LogP contribution in [0.1, 0.15) is 13.8 Å². The molecule has 1 heterocycles. The van der Waals surface area contributed by atoms with Crippen LogP contribution >= 0.6 is 11.8 Å². The van der Waals surface area contributed by atoms with Gasteiger partial charge in [0.2, 0.25) is 5.16 Å². The Labute approximate surface area is 109 Å². The highest BCUT2D eigenvalue weighted by molar-refractivity contribution is 7.99. The van der Waals surface area contributed by atoms with Crippen LogP contribution in [-0.4, -0.2) is 56.5 Å². The van der Waals surface area contributed by atoms with Gasteiger partial charge in [-0.2, -0.15) is 0 Å². The molecule has 0 amide bonds. The summed E-state index contributed by atoms with van der Waals surface area (Å²) >= 11 is 0.946. The predicted molar refractivity (Wildman–Crippen MR) is 65.1 cm³/mol. The van der Waals surface area contributed by atoms with Gasteiger partial charge in [0.25, 0.3) is 0 Å². The first-order valence-electron chi connectivity index (χ1n) is 4.94. The number of aliphatic carboxylic acids is 1. The molecular weight excluding hydrogens is 280 g/mol. The fraction of sp³-hybridized carbons (Fsp3) is 0.750. The lowest BCUT2D eigenvalue weighted by Crippen LogP contribution is -2.36. The minimum atomic E-state index is -3.27. The van der Waals surface area contributed by atoms with E-state index in [1.165, 1.54) is 4.68 Å². The van der Waals surface area contributed by atoms with Crippen LogP contribution in [0.15, 0.2) is 5.16 Å².